The van der Waals surface area contributed by atoms with Gasteiger partial charge >= 0.3 is 5.97 Å². The zero-order valence-corrected chi connectivity index (χ0v) is 12.3. The summed E-state index contributed by atoms with van der Waals surface area (Å²) in [6, 6.07) is 4.81. The van der Waals surface area contributed by atoms with E-state index in [1.165, 1.54) is 0 Å². The number of carboxylic acids is 1. The number of fused-ring (bicyclic) bond motifs is 1. The molecule has 0 amide bonds. The van der Waals surface area contributed by atoms with Gasteiger partial charge < -0.3 is 15.4 Å². The lowest BCUT2D eigenvalue weighted by molar-refractivity contribution is 0.0697. The van der Waals surface area contributed by atoms with Crippen molar-refractivity contribution in [1.29, 1.82) is 0 Å². The van der Waals surface area contributed by atoms with Gasteiger partial charge in [0.05, 0.1) is 22.3 Å². The molecule has 114 valence electrons. The molecule has 3 aromatic rings. The molecular weight excluding hydrogens is 282 g/mol. The third-order valence-corrected chi connectivity index (χ3v) is 3.30. The van der Waals surface area contributed by atoms with Crippen molar-refractivity contribution < 1.29 is 9.90 Å². The minimum Gasteiger partial charge on any atom is -0.478 e. The van der Waals surface area contributed by atoms with Gasteiger partial charge in [0.1, 0.15) is 0 Å². The molecule has 7 nitrogen and oxygen atoms in total. The third kappa shape index (κ3) is 2.65. The molecule has 0 spiro atoms. The fourth-order valence-corrected chi connectivity index (χ4v) is 2.17. The molecule has 3 rings (SSSR count). The number of aromatic carboxylic acids is 1. The minimum absolute atomic E-state index is 0.214. The van der Waals surface area contributed by atoms with Crippen LogP contribution in [0.4, 0.5) is 5.69 Å². The number of hydrogen-bond acceptors (Lipinski definition) is 4. The van der Waals surface area contributed by atoms with E-state index >= 15 is 0 Å². The Morgan fingerprint density at radius 2 is 2.23 bits per heavy atom. The fraction of sp³-hybridized carbons (Fsp3) is 0.267. The smallest absolute Gasteiger partial charge is 0.335 e. The number of carboxylic acid groups (broad SMARTS) is 1. The molecular formula is C15H17N5O2. The molecule has 1 aromatic carbocycles. The maximum absolute atomic E-state index is 11.0. The van der Waals surface area contributed by atoms with Crippen LogP contribution in [-0.4, -0.2) is 37.8 Å². The Kier molecular flexibility index (Phi) is 3.54. The van der Waals surface area contributed by atoms with Crippen LogP contribution in [0.5, 0.6) is 0 Å². The molecule has 0 saturated heterocycles. The van der Waals surface area contributed by atoms with E-state index in [0.29, 0.717) is 23.0 Å². The summed E-state index contributed by atoms with van der Waals surface area (Å²) in [5.74, 6) is 0.145. The van der Waals surface area contributed by atoms with E-state index in [1.54, 1.807) is 24.4 Å². The first kappa shape index (κ1) is 14.1. The van der Waals surface area contributed by atoms with Gasteiger partial charge in [-0.1, -0.05) is 13.8 Å². The average molecular weight is 299 g/mol. The van der Waals surface area contributed by atoms with Crippen molar-refractivity contribution in [2.45, 2.75) is 13.8 Å². The van der Waals surface area contributed by atoms with Gasteiger partial charge in [-0.25, -0.2) is 9.78 Å². The molecule has 4 N–H and O–H groups in total. The van der Waals surface area contributed by atoms with Crippen molar-refractivity contribution >= 4 is 22.7 Å². The summed E-state index contributed by atoms with van der Waals surface area (Å²) in [6.45, 7) is 5.08. The van der Waals surface area contributed by atoms with Crippen molar-refractivity contribution in [1.82, 2.24) is 20.2 Å². The number of nitrogens with one attached hydrogen (secondary N) is 3. The van der Waals surface area contributed by atoms with E-state index in [1.807, 2.05) is 0 Å². The molecule has 0 saturated carbocycles. The van der Waals surface area contributed by atoms with Crippen molar-refractivity contribution in [2.75, 3.05) is 11.9 Å². The highest BCUT2D eigenvalue weighted by molar-refractivity contribution is 5.93. The van der Waals surface area contributed by atoms with Crippen LogP contribution >= 0.6 is 0 Å². The van der Waals surface area contributed by atoms with Crippen molar-refractivity contribution in [2.24, 2.45) is 5.92 Å². The largest absolute Gasteiger partial charge is 0.478 e. The Balaban J connectivity index is 1.97. The van der Waals surface area contributed by atoms with Crippen LogP contribution in [0, 0.1) is 5.92 Å². The summed E-state index contributed by atoms with van der Waals surface area (Å²) in [5.41, 5.74) is 3.15. The lowest BCUT2D eigenvalue weighted by Crippen LogP contribution is -2.08. The highest BCUT2D eigenvalue weighted by Crippen LogP contribution is 2.25. The van der Waals surface area contributed by atoms with Crippen LogP contribution in [-0.2, 0) is 0 Å². The Labute approximate surface area is 126 Å². The van der Waals surface area contributed by atoms with Crippen LogP contribution in [0.2, 0.25) is 0 Å². The van der Waals surface area contributed by atoms with Gasteiger partial charge in [-0.3, -0.25) is 5.10 Å². The summed E-state index contributed by atoms with van der Waals surface area (Å²) in [7, 11) is 0. The number of aromatic nitrogens is 4. The van der Waals surface area contributed by atoms with Crippen LogP contribution in [0.15, 0.2) is 24.4 Å². The van der Waals surface area contributed by atoms with Gasteiger partial charge in [0.15, 0.2) is 11.5 Å². The molecule has 0 radical (unpaired) electrons. The Morgan fingerprint density at radius 1 is 1.41 bits per heavy atom. The van der Waals surface area contributed by atoms with E-state index in [0.717, 1.165) is 17.7 Å². The van der Waals surface area contributed by atoms with Crippen LogP contribution < -0.4 is 5.32 Å². The highest BCUT2D eigenvalue weighted by atomic mass is 16.4. The topological polar surface area (TPSA) is 107 Å². The summed E-state index contributed by atoms with van der Waals surface area (Å²) in [4.78, 5) is 18.6. The molecule has 0 aliphatic rings. The Bertz CT molecular complexity index is 818. The molecule has 7 heteroatoms. The predicted octanol–water partition coefficient (Wildman–Crippen LogP) is 2.72. The zero-order valence-electron chi connectivity index (χ0n) is 12.3. The lowest BCUT2D eigenvalue weighted by Gasteiger charge is -2.07. The number of rotatable bonds is 5. The molecule has 2 aromatic heterocycles. The number of aromatic amines is 2. The molecule has 2 heterocycles. The second kappa shape index (κ2) is 5.51. The number of H-pyrrole nitrogens is 2. The number of anilines is 1. The van der Waals surface area contributed by atoms with Crippen LogP contribution in [0.1, 0.15) is 24.2 Å². The normalized spacial score (nSPS) is 11.2. The quantitative estimate of drug-likeness (QED) is 0.579. The molecule has 0 aliphatic carbocycles. The second-order valence-corrected chi connectivity index (χ2v) is 5.54. The molecule has 22 heavy (non-hydrogen) atoms. The van der Waals surface area contributed by atoms with Gasteiger partial charge in [0.25, 0.3) is 0 Å². The summed E-state index contributed by atoms with van der Waals surface area (Å²) in [5, 5.41) is 19.4. The second-order valence-electron chi connectivity index (χ2n) is 5.54. The standard InChI is InChI=1S/C15H17N5O2/c1-8(2)6-16-12-7-17-20-13(12)14-18-10-4-3-9(15(21)22)5-11(10)19-14/h3-5,7-8,16H,6H2,1-2H3,(H,17,20)(H,18,19)(H,21,22). The predicted molar refractivity (Wildman–Crippen MR) is 84.0 cm³/mol. The van der Waals surface area contributed by atoms with Gasteiger partial charge in [-0.15, -0.1) is 0 Å². The van der Waals surface area contributed by atoms with Gasteiger partial charge in [0.2, 0.25) is 0 Å². The molecule has 0 aliphatic heterocycles. The van der Waals surface area contributed by atoms with Gasteiger partial charge in [-0.2, -0.15) is 5.10 Å². The van der Waals surface area contributed by atoms with E-state index in [9.17, 15) is 4.79 Å². The first-order chi connectivity index (χ1) is 10.5. The van der Waals surface area contributed by atoms with Crippen LogP contribution in [0.25, 0.3) is 22.6 Å². The van der Waals surface area contributed by atoms with Crippen molar-refractivity contribution in [3.8, 4) is 11.5 Å². The summed E-state index contributed by atoms with van der Waals surface area (Å²) < 4.78 is 0. The van der Waals surface area contributed by atoms with Crippen molar-refractivity contribution in [3.63, 3.8) is 0 Å². The number of imidazole rings is 1. The van der Waals surface area contributed by atoms with E-state index in [-0.39, 0.29) is 5.56 Å². The van der Waals surface area contributed by atoms with Gasteiger partial charge in [0, 0.05) is 12.7 Å². The fourth-order valence-electron chi connectivity index (χ4n) is 2.17. The number of benzene rings is 1. The first-order valence-corrected chi connectivity index (χ1v) is 7.05. The minimum atomic E-state index is -0.967. The molecule has 0 unspecified atom stereocenters. The maximum atomic E-state index is 11.0. The highest BCUT2D eigenvalue weighted by Gasteiger charge is 2.14. The number of nitrogens with zero attached hydrogens (tertiary/aromatic N) is 2. The number of hydrogen-bond donors (Lipinski definition) is 4. The number of carbonyl (C=O) groups is 1. The maximum Gasteiger partial charge on any atom is 0.335 e. The Morgan fingerprint density at radius 3 is 2.95 bits per heavy atom. The van der Waals surface area contributed by atoms with E-state index in [2.05, 4.69) is 39.3 Å². The molecule has 0 atom stereocenters. The monoisotopic (exact) mass is 299 g/mol. The summed E-state index contributed by atoms with van der Waals surface area (Å²) >= 11 is 0. The summed E-state index contributed by atoms with van der Waals surface area (Å²) in [6.07, 6.45) is 1.79. The molecule has 0 bridgehead atoms. The average Bonchev–Trinajstić information content (AvgIpc) is 3.09. The molecule has 0 fully saturated rings. The lowest BCUT2D eigenvalue weighted by atomic mass is 10.2. The Hall–Kier alpha value is -2.83. The van der Waals surface area contributed by atoms with Gasteiger partial charge in [-0.05, 0) is 24.1 Å². The van der Waals surface area contributed by atoms with Crippen molar-refractivity contribution in [3.05, 3.63) is 30.0 Å². The zero-order chi connectivity index (χ0) is 15.7. The van der Waals surface area contributed by atoms with Crippen LogP contribution in [0.3, 0.4) is 0 Å². The van der Waals surface area contributed by atoms with E-state index in [4.69, 9.17) is 5.11 Å². The first-order valence-electron chi connectivity index (χ1n) is 7.05. The SMILES string of the molecule is CC(C)CNc1c[nH]nc1-c1nc2cc(C(=O)O)ccc2[nH]1. The van der Waals surface area contributed by atoms with E-state index < -0.39 is 5.97 Å². The third-order valence-electron chi connectivity index (χ3n) is 3.30.